The fourth-order valence-electron chi connectivity index (χ4n) is 1.68. The molecule has 3 rings (SSSR count). The van der Waals surface area contributed by atoms with E-state index in [9.17, 15) is 0 Å². The number of rotatable bonds is 0. The smallest absolute Gasteiger partial charge is 0.170 e. The minimum atomic E-state index is 0.728. The lowest BCUT2D eigenvalue weighted by atomic mass is 10.3. The predicted octanol–water partition coefficient (Wildman–Crippen LogP) is 3.04. The van der Waals surface area contributed by atoms with Crippen molar-refractivity contribution in [1.29, 1.82) is 0 Å². The number of hydrogen-bond acceptors (Lipinski definition) is 3. The van der Waals surface area contributed by atoms with E-state index >= 15 is 0 Å². The lowest BCUT2D eigenvalue weighted by Crippen LogP contribution is -1.99. The molecule has 0 aliphatic carbocycles. The summed E-state index contributed by atoms with van der Waals surface area (Å²) in [6, 6.07) is 0. The van der Waals surface area contributed by atoms with Crippen molar-refractivity contribution in [2.45, 2.75) is 18.4 Å². The van der Waals surface area contributed by atoms with Gasteiger partial charge in [0.15, 0.2) is 5.65 Å². The molecule has 0 spiro atoms. The van der Waals surface area contributed by atoms with E-state index in [1.165, 1.54) is 0 Å². The average Bonchev–Trinajstić information content (AvgIpc) is 2.77. The van der Waals surface area contributed by atoms with Crippen LogP contribution in [0.1, 0.15) is 17.0 Å². The Morgan fingerprint density at radius 1 is 1.47 bits per heavy atom. The van der Waals surface area contributed by atoms with Crippen LogP contribution in [0.4, 0.5) is 0 Å². The summed E-state index contributed by atoms with van der Waals surface area (Å²) in [6.07, 6.45) is 0. The lowest BCUT2D eigenvalue weighted by Gasteiger charge is -2.03. The Bertz CT molecular complexity index is 566. The molecule has 0 saturated carbocycles. The minimum absolute atomic E-state index is 0.728. The number of thioether (sulfide) groups is 1. The summed E-state index contributed by atoms with van der Waals surface area (Å²) in [6.45, 7) is 1.98. The third-order valence-electron chi connectivity index (χ3n) is 2.47. The van der Waals surface area contributed by atoms with Gasteiger partial charge in [-0.15, -0.1) is 0 Å². The van der Waals surface area contributed by atoms with Gasteiger partial charge in [0.1, 0.15) is 5.15 Å². The van der Waals surface area contributed by atoms with Crippen molar-refractivity contribution in [2.24, 2.45) is 0 Å². The van der Waals surface area contributed by atoms with Crippen molar-refractivity contribution in [1.82, 2.24) is 14.6 Å². The van der Waals surface area contributed by atoms with Crippen molar-refractivity contribution in [2.75, 3.05) is 0 Å². The molecule has 78 valence electrons. The first-order valence-corrected chi connectivity index (χ1v) is 7.09. The highest BCUT2D eigenvalue weighted by Gasteiger charge is 2.21. The van der Waals surface area contributed by atoms with Gasteiger partial charge in [0.05, 0.1) is 15.0 Å². The van der Waals surface area contributed by atoms with Gasteiger partial charge in [-0.25, -0.2) is 9.50 Å². The molecule has 3 heterocycles. The second-order valence-corrected chi connectivity index (χ2v) is 5.88. The van der Waals surface area contributed by atoms with Gasteiger partial charge in [-0.2, -0.15) is 16.9 Å². The summed E-state index contributed by atoms with van der Waals surface area (Å²) < 4.78 is 2.85. The molecule has 0 radical (unpaired) electrons. The molecule has 6 heteroatoms. The van der Waals surface area contributed by atoms with Gasteiger partial charge in [-0.3, -0.25) is 0 Å². The average molecular weight is 352 g/mol. The van der Waals surface area contributed by atoms with Gasteiger partial charge in [-0.1, -0.05) is 11.6 Å². The highest BCUT2D eigenvalue weighted by molar-refractivity contribution is 14.1. The molecular weight excluding hydrogens is 345 g/mol. The van der Waals surface area contributed by atoms with Crippen molar-refractivity contribution >= 4 is 51.6 Å². The fraction of sp³-hybridized carbons (Fsp3) is 0.333. The number of aryl methyl sites for hydroxylation is 1. The van der Waals surface area contributed by atoms with Crippen molar-refractivity contribution in [3.05, 3.63) is 25.7 Å². The van der Waals surface area contributed by atoms with E-state index in [0.717, 1.165) is 42.8 Å². The van der Waals surface area contributed by atoms with E-state index in [-0.39, 0.29) is 0 Å². The number of halogens is 2. The highest BCUT2D eigenvalue weighted by Crippen LogP contribution is 2.34. The molecule has 15 heavy (non-hydrogen) atoms. The zero-order valence-electron chi connectivity index (χ0n) is 7.92. The first-order chi connectivity index (χ1) is 7.18. The molecule has 0 unspecified atom stereocenters. The molecule has 0 N–H and O–H groups in total. The Hall–Kier alpha value is -0.0100. The standard InChI is InChI=1S/C9H7ClIN3S/c1-4-7(11)9-12-6-3-15-2-5(6)8(10)14(9)13-4/h2-3H2,1H3. The maximum absolute atomic E-state index is 6.32. The SMILES string of the molecule is Cc1nn2c(Cl)c3c(nc2c1I)CSC3. The van der Waals surface area contributed by atoms with Crippen molar-refractivity contribution in [3.8, 4) is 0 Å². The third-order valence-corrected chi connectivity index (χ3v) is 5.10. The van der Waals surface area contributed by atoms with E-state index in [2.05, 4.69) is 32.7 Å². The van der Waals surface area contributed by atoms with E-state index in [1.807, 2.05) is 18.7 Å². The molecule has 0 atom stereocenters. The molecule has 0 aromatic carbocycles. The molecule has 2 aromatic rings. The van der Waals surface area contributed by atoms with E-state index in [0.29, 0.717) is 0 Å². The van der Waals surface area contributed by atoms with Crippen molar-refractivity contribution < 1.29 is 0 Å². The quantitative estimate of drug-likeness (QED) is 0.540. The van der Waals surface area contributed by atoms with Gasteiger partial charge in [0.2, 0.25) is 0 Å². The Labute approximate surface area is 110 Å². The van der Waals surface area contributed by atoms with Crippen LogP contribution in [-0.4, -0.2) is 14.6 Å². The Morgan fingerprint density at radius 2 is 2.27 bits per heavy atom. The second kappa shape index (κ2) is 3.49. The number of aromatic nitrogens is 3. The van der Waals surface area contributed by atoms with E-state index < -0.39 is 0 Å². The zero-order chi connectivity index (χ0) is 10.6. The van der Waals surface area contributed by atoms with Crippen LogP contribution in [-0.2, 0) is 11.5 Å². The largest absolute Gasteiger partial charge is 0.231 e. The van der Waals surface area contributed by atoms with Crippen LogP contribution in [0.5, 0.6) is 0 Å². The first kappa shape index (κ1) is 10.2. The highest BCUT2D eigenvalue weighted by atomic mass is 127. The summed E-state index contributed by atoms with van der Waals surface area (Å²) in [5.74, 6) is 1.92. The number of nitrogens with zero attached hydrogens (tertiary/aromatic N) is 3. The molecule has 0 amide bonds. The Kier molecular flexibility index (Phi) is 2.37. The van der Waals surface area contributed by atoms with Crippen LogP contribution >= 0.6 is 46.0 Å². The molecule has 2 aromatic heterocycles. The summed E-state index contributed by atoms with van der Waals surface area (Å²) in [5, 5.41) is 5.12. The van der Waals surface area contributed by atoms with E-state index in [4.69, 9.17) is 11.6 Å². The molecule has 0 saturated heterocycles. The summed E-state index contributed by atoms with van der Waals surface area (Å²) >= 11 is 10.4. The van der Waals surface area contributed by atoms with Gasteiger partial charge in [0.25, 0.3) is 0 Å². The summed E-state index contributed by atoms with van der Waals surface area (Å²) in [5.41, 5.74) is 4.14. The summed E-state index contributed by atoms with van der Waals surface area (Å²) in [4.78, 5) is 4.62. The van der Waals surface area contributed by atoms with Crippen LogP contribution in [0.3, 0.4) is 0 Å². The normalized spacial score (nSPS) is 14.9. The van der Waals surface area contributed by atoms with Gasteiger partial charge < -0.3 is 0 Å². The summed E-state index contributed by atoms with van der Waals surface area (Å²) in [7, 11) is 0. The Morgan fingerprint density at radius 3 is 3.07 bits per heavy atom. The number of fused-ring (bicyclic) bond motifs is 2. The first-order valence-electron chi connectivity index (χ1n) is 4.48. The minimum Gasteiger partial charge on any atom is -0.231 e. The molecule has 0 bridgehead atoms. The molecule has 1 aliphatic heterocycles. The fourth-order valence-corrected chi connectivity index (χ4v) is 3.56. The Balaban J connectivity index is 2.45. The number of hydrogen-bond donors (Lipinski definition) is 0. The van der Waals surface area contributed by atoms with E-state index in [1.54, 1.807) is 4.52 Å². The third kappa shape index (κ3) is 1.39. The predicted molar refractivity (Wildman–Crippen MR) is 70.5 cm³/mol. The molecular formula is C9H7ClIN3S. The topological polar surface area (TPSA) is 30.2 Å². The maximum atomic E-state index is 6.32. The van der Waals surface area contributed by atoms with Gasteiger partial charge >= 0.3 is 0 Å². The van der Waals surface area contributed by atoms with Gasteiger partial charge in [0, 0.05) is 17.1 Å². The van der Waals surface area contributed by atoms with Crippen LogP contribution in [0.15, 0.2) is 0 Å². The van der Waals surface area contributed by atoms with Crippen LogP contribution in [0.25, 0.3) is 5.65 Å². The second-order valence-electron chi connectivity index (χ2n) is 3.46. The molecule has 1 aliphatic rings. The van der Waals surface area contributed by atoms with Crippen LogP contribution < -0.4 is 0 Å². The lowest BCUT2D eigenvalue weighted by molar-refractivity contribution is 0.899. The van der Waals surface area contributed by atoms with Crippen LogP contribution in [0.2, 0.25) is 5.15 Å². The van der Waals surface area contributed by atoms with Gasteiger partial charge in [-0.05, 0) is 29.5 Å². The maximum Gasteiger partial charge on any atom is 0.170 e. The monoisotopic (exact) mass is 351 g/mol. The molecule has 3 nitrogen and oxygen atoms in total. The zero-order valence-corrected chi connectivity index (χ0v) is 11.6. The van der Waals surface area contributed by atoms with Crippen molar-refractivity contribution in [3.63, 3.8) is 0 Å². The van der Waals surface area contributed by atoms with Crippen LogP contribution in [0, 0.1) is 10.5 Å². The molecule has 0 fully saturated rings.